The summed E-state index contributed by atoms with van der Waals surface area (Å²) in [5.41, 5.74) is 2.44. The van der Waals surface area contributed by atoms with Crippen LogP contribution >= 0.6 is 11.8 Å². The molecule has 0 amide bonds. The van der Waals surface area contributed by atoms with E-state index in [1.165, 1.54) is 11.1 Å². The Morgan fingerprint density at radius 3 is 2.85 bits per heavy atom. The lowest BCUT2D eigenvalue weighted by Gasteiger charge is -2.17. The van der Waals surface area contributed by atoms with Gasteiger partial charge in [0.05, 0.1) is 11.4 Å². The van der Waals surface area contributed by atoms with Gasteiger partial charge in [-0.1, -0.05) is 42.3 Å². The van der Waals surface area contributed by atoms with Crippen molar-refractivity contribution in [2.45, 2.75) is 44.3 Å². The molecule has 0 unspecified atom stereocenters. The molecule has 0 aromatic heterocycles. The zero-order chi connectivity index (χ0) is 17.9. The lowest BCUT2D eigenvalue weighted by Crippen LogP contribution is -2.19. The van der Waals surface area contributed by atoms with E-state index in [1.807, 2.05) is 37.3 Å². The number of hydrogen-bond acceptors (Lipinski definition) is 4. The predicted molar refractivity (Wildman–Crippen MR) is 104 cm³/mol. The summed E-state index contributed by atoms with van der Waals surface area (Å²) in [6.45, 7) is 2.74. The summed E-state index contributed by atoms with van der Waals surface area (Å²) < 4.78 is 3.69. The fourth-order valence-corrected chi connectivity index (χ4v) is 4.23. The molecule has 1 aromatic rings. The molecule has 3 heterocycles. The van der Waals surface area contributed by atoms with Crippen molar-refractivity contribution >= 4 is 11.8 Å². The van der Waals surface area contributed by atoms with Crippen molar-refractivity contribution in [1.82, 2.24) is 19.3 Å². The van der Waals surface area contributed by atoms with E-state index in [0.717, 1.165) is 42.3 Å². The summed E-state index contributed by atoms with van der Waals surface area (Å²) in [5.74, 6) is 7.24. The zero-order valence-corrected chi connectivity index (χ0v) is 15.6. The third kappa shape index (κ3) is 3.04. The number of rotatable bonds is 3. The van der Waals surface area contributed by atoms with Crippen molar-refractivity contribution in [2.24, 2.45) is 0 Å². The van der Waals surface area contributed by atoms with Crippen molar-refractivity contribution < 1.29 is 0 Å². The molecule has 0 atom stereocenters. The van der Waals surface area contributed by atoms with Crippen LogP contribution in [0.1, 0.15) is 31.9 Å². The first-order chi connectivity index (χ1) is 12.8. The average Bonchev–Trinajstić information content (AvgIpc) is 2.84. The van der Waals surface area contributed by atoms with Crippen molar-refractivity contribution in [2.75, 3.05) is 5.75 Å². The topological polar surface area (TPSA) is 52.7 Å². The first-order valence-electron chi connectivity index (χ1n) is 8.90. The van der Waals surface area contributed by atoms with Crippen molar-refractivity contribution in [3.63, 3.8) is 0 Å². The summed E-state index contributed by atoms with van der Waals surface area (Å²) in [6, 6.07) is 9.54. The highest BCUT2D eigenvalue weighted by Crippen LogP contribution is 2.30. The SMILES string of the molecule is CC#CCSc1nc2nn(-c3ccccc3)c(=O)c-2c2n1CCCCC2. The van der Waals surface area contributed by atoms with E-state index in [9.17, 15) is 4.79 Å². The summed E-state index contributed by atoms with van der Waals surface area (Å²) in [5, 5.41) is 5.45. The molecule has 0 fully saturated rings. The summed E-state index contributed by atoms with van der Waals surface area (Å²) in [6.07, 6.45) is 4.26. The van der Waals surface area contributed by atoms with Crippen LogP contribution < -0.4 is 5.56 Å². The predicted octanol–water partition coefficient (Wildman–Crippen LogP) is 3.38. The van der Waals surface area contributed by atoms with E-state index in [0.29, 0.717) is 17.1 Å². The maximum atomic E-state index is 13.1. The van der Waals surface area contributed by atoms with Gasteiger partial charge in [-0.2, -0.15) is 4.68 Å². The van der Waals surface area contributed by atoms with Gasteiger partial charge in [-0.15, -0.1) is 11.0 Å². The van der Waals surface area contributed by atoms with E-state index in [2.05, 4.69) is 21.5 Å². The molecular weight excluding hydrogens is 344 g/mol. The summed E-state index contributed by atoms with van der Waals surface area (Å²) in [7, 11) is 0. The molecule has 1 aromatic carbocycles. The largest absolute Gasteiger partial charge is 0.324 e. The van der Waals surface area contributed by atoms with Crippen LogP contribution in [-0.2, 0) is 13.0 Å². The number of aromatic nitrogens is 4. The van der Waals surface area contributed by atoms with Crippen LogP contribution in [0.3, 0.4) is 0 Å². The molecular formula is C20H20N4OS. The van der Waals surface area contributed by atoms with Crippen LogP contribution in [0.5, 0.6) is 0 Å². The molecule has 3 aliphatic rings. The first-order valence-corrected chi connectivity index (χ1v) is 9.88. The van der Waals surface area contributed by atoms with Gasteiger partial charge in [-0.05, 0) is 38.3 Å². The van der Waals surface area contributed by atoms with E-state index < -0.39 is 0 Å². The second-order valence-electron chi connectivity index (χ2n) is 6.27. The number of thioether (sulfide) groups is 1. The van der Waals surface area contributed by atoms with Gasteiger partial charge >= 0.3 is 0 Å². The fraction of sp³-hybridized carbons (Fsp3) is 0.350. The molecule has 0 saturated carbocycles. The van der Waals surface area contributed by atoms with Crippen molar-refractivity contribution in [1.29, 1.82) is 0 Å². The second-order valence-corrected chi connectivity index (χ2v) is 7.21. The third-order valence-electron chi connectivity index (χ3n) is 4.62. The lowest BCUT2D eigenvalue weighted by molar-refractivity contribution is 0.571. The number of benzene rings is 1. The van der Waals surface area contributed by atoms with E-state index in [1.54, 1.807) is 11.8 Å². The van der Waals surface area contributed by atoms with Crippen LogP contribution in [0, 0.1) is 11.8 Å². The highest BCUT2D eigenvalue weighted by atomic mass is 32.2. The molecule has 0 aliphatic carbocycles. The highest BCUT2D eigenvalue weighted by Gasteiger charge is 2.26. The molecule has 3 aliphatic heterocycles. The minimum absolute atomic E-state index is 0.0748. The highest BCUT2D eigenvalue weighted by molar-refractivity contribution is 7.99. The minimum atomic E-state index is -0.0748. The maximum absolute atomic E-state index is 13.1. The van der Waals surface area contributed by atoms with Crippen molar-refractivity contribution in [3.05, 3.63) is 46.4 Å². The Bertz CT molecular complexity index is 1010. The van der Waals surface area contributed by atoms with Gasteiger partial charge in [0, 0.05) is 12.2 Å². The van der Waals surface area contributed by atoms with E-state index in [-0.39, 0.29) is 5.56 Å². The van der Waals surface area contributed by atoms with Gasteiger partial charge in [0.25, 0.3) is 5.56 Å². The molecule has 0 saturated heterocycles. The monoisotopic (exact) mass is 364 g/mol. The van der Waals surface area contributed by atoms with Crippen LogP contribution in [0.15, 0.2) is 40.3 Å². The Balaban J connectivity index is 1.92. The maximum Gasteiger partial charge on any atom is 0.284 e. The van der Waals surface area contributed by atoms with Gasteiger partial charge in [0.15, 0.2) is 11.0 Å². The number of para-hydroxylation sites is 1. The van der Waals surface area contributed by atoms with Gasteiger partial charge in [0.2, 0.25) is 0 Å². The Morgan fingerprint density at radius 2 is 2.04 bits per heavy atom. The molecule has 5 nitrogen and oxygen atoms in total. The van der Waals surface area contributed by atoms with Crippen LogP contribution in [0.2, 0.25) is 0 Å². The van der Waals surface area contributed by atoms with Gasteiger partial charge in [-0.25, -0.2) is 4.98 Å². The normalized spacial score (nSPS) is 13.7. The van der Waals surface area contributed by atoms with E-state index >= 15 is 0 Å². The molecule has 0 bridgehead atoms. The van der Waals surface area contributed by atoms with E-state index in [4.69, 9.17) is 4.98 Å². The molecule has 6 heteroatoms. The zero-order valence-electron chi connectivity index (χ0n) is 14.7. The lowest BCUT2D eigenvalue weighted by atomic mass is 10.1. The molecule has 0 radical (unpaired) electrons. The second kappa shape index (κ2) is 7.38. The standard InChI is InChI=1S/C20H20N4OS/c1-2-3-14-26-20-21-18-17(16-12-8-5-9-13-23(16)20)19(25)24(22-18)15-10-6-4-7-11-15/h4,6-7,10-11H,5,8-9,12-14H2,1H3. The van der Waals surface area contributed by atoms with Gasteiger partial charge in [-0.3, -0.25) is 4.79 Å². The fourth-order valence-electron chi connectivity index (χ4n) is 3.38. The van der Waals surface area contributed by atoms with Gasteiger partial charge < -0.3 is 4.57 Å². The molecule has 0 N–H and O–H groups in total. The average molecular weight is 364 g/mol. The molecule has 4 rings (SSSR count). The van der Waals surface area contributed by atoms with Gasteiger partial charge in [0.1, 0.15) is 5.56 Å². The van der Waals surface area contributed by atoms with Crippen LogP contribution in [0.4, 0.5) is 0 Å². The van der Waals surface area contributed by atoms with Crippen LogP contribution in [0.25, 0.3) is 17.1 Å². The quantitative estimate of drug-likeness (QED) is 0.406. The third-order valence-corrected chi connectivity index (χ3v) is 5.48. The Kier molecular flexibility index (Phi) is 4.81. The molecule has 0 spiro atoms. The smallest absolute Gasteiger partial charge is 0.284 e. The Morgan fingerprint density at radius 1 is 1.19 bits per heavy atom. The Hall–Kier alpha value is -2.52. The molecule has 26 heavy (non-hydrogen) atoms. The Labute approximate surface area is 156 Å². The number of fused-ring (bicyclic) bond motifs is 3. The van der Waals surface area contributed by atoms with Crippen molar-refractivity contribution in [3.8, 4) is 28.9 Å². The minimum Gasteiger partial charge on any atom is -0.324 e. The number of hydrogen-bond donors (Lipinski definition) is 0. The summed E-state index contributed by atoms with van der Waals surface area (Å²) in [4.78, 5) is 17.8. The summed E-state index contributed by atoms with van der Waals surface area (Å²) >= 11 is 1.62. The number of nitrogens with zero attached hydrogens (tertiary/aromatic N) is 4. The molecule has 132 valence electrons. The van der Waals surface area contributed by atoms with Crippen LogP contribution in [-0.4, -0.2) is 25.1 Å². The first kappa shape index (κ1) is 16.9.